The average molecular weight is 1400 g/mol. The molecule has 0 fully saturated rings. The van der Waals surface area contributed by atoms with Crippen LogP contribution in [0, 0.1) is 52.5 Å². The van der Waals surface area contributed by atoms with E-state index in [1.165, 1.54) is 166 Å². The van der Waals surface area contributed by atoms with Crippen molar-refractivity contribution in [1.29, 1.82) is 0 Å². The van der Waals surface area contributed by atoms with Crippen molar-refractivity contribution in [2.24, 2.45) is 0 Å². The Kier molecular flexibility index (Phi) is 13.2. The van der Waals surface area contributed by atoms with Crippen LogP contribution in [0.2, 0.25) is 0 Å². The summed E-state index contributed by atoms with van der Waals surface area (Å²) in [6.07, 6.45) is 22.3. The number of imidazole rings is 2. The number of benzene rings is 12. The first-order chi connectivity index (χ1) is 45.4. The number of hydrogen-bond acceptors (Lipinski definition) is 3. The molecule has 4 aliphatic rings. The van der Waals surface area contributed by atoms with Crippen LogP contribution in [0.1, 0.15) is 74.8 Å². The molecule has 0 saturated heterocycles. The zero-order valence-electron chi connectivity index (χ0n) is 51.5. The molecule has 4 heterocycles. The predicted octanol–water partition coefficient (Wildman–Crippen LogP) is 18.3. The molecule has 0 bridgehead atoms. The predicted molar refractivity (Wildman–Crippen MR) is 366 cm³/mol. The van der Waals surface area contributed by atoms with Gasteiger partial charge in [-0.2, -0.15) is 37.4 Å². The molecular weight excluding hydrogens is 1350 g/mol. The summed E-state index contributed by atoms with van der Waals surface area (Å²) in [6.45, 7) is 8.80. The number of allylic oxidation sites excluding steroid dienone is 6. The van der Waals surface area contributed by atoms with E-state index >= 15 is 0 Å². The molecule has 0 atom stereocenters. The maximum absolute atomic E-state index is 12.1. The quantitative estimate of drug-likeness (QED) is 0.0978. The van der Waals surface area contributed by atoms with Crippen LogP contribution in [0.15, 0.2) is 194 Å². The molecule has 20 rings (SSSR count). The molecule has 4 aromatic heterocycles. The Labute approximate surface area is 552 Å². The largest absolute Gasteiger partial charge is 0.429 e. The van der Waals surface area contributed by atoms with Gasteiger partial charge in [0.15, 0.2) is 0 Å². The number of alkyl halides is 3. The van der Waals surface area contributed by atoms with E-state index in [-0.39, 0.29) is 31.6 Å². The molecule has 16 aromatic rings. The minimum absolute atomic E-state index is 0. The summed E-state index contributed by atoms with van der Waals surface area (Å²) in [7, 11) is 0. The molecule has 0 unspecified atom stereocenters. The van der Waals surface area contributed by atoms with E-state index in [0.29, 0.717) is 0 Å². The number of halogens is 3. The third-order valence-electron chi connectivity index (χ3n) is 19.8. The Hall–Kier alpha value is -10.7. The van der Waals surface area contributed by atoms with Crippen LogP contribution < -0.4 is 14.2 Å². The maximum Gasteiger partial charge on any atom is 0.429 e. The van der Waals surface area contributed by atoms with Crippen LogP contribution in [-0.4, -0.2) is 24.2 Å². The Bertz CT molecular complexity index is 5620. The second-order valence-corrected chi connectivity index (χ2v) is 24.7. The van der Waals surface area contributed by atoms with Gasteiger partial charge in [-0.3, -0.25) is 19.2 Å². The van der Waals surface area contributed by atoms with Crippen LogP contribution in [0.25, 0.3) is 144 Å². The van der Waals surface area contributed by atoms with Gasteiger partial charge in [-0.25, -0.2) is 0 Å². The molecule has 0 N–H and O–H groups in total. The van der Waals surface area contributed by atoms with E-state index in [2.05, 4.69) is 273 Å². The summed E-state index contributed by atoms with van der Waals surface area (Å²) in [5, 5.41) is 27.1. The number of aromatic nitrogens is 8. The molecule has 94 heavy (non-hydrogen) atoms. The summed E-state index contributed by atoms with van der Waals surface area (Å²) in [5.74, 6) is -1.37. The van der Waals surface area contributed by atoms with E-state index in [9.17, 15) is 13.2 Å². The van der Waals surface area contributed by atoms with Gasteiger partial charge in [-0.15, -0.1) is 44.8 Å². The van der Waals surface area contributed by atoms with Crippen molar-refractivity contribution in [3.8, 4) is 34.3 Å². The monoisotopic (exact) mass is 1400 g/mol. The first kappa shape index (κ1) is 57.3. The van der Waals surface area contributed by atoms with Gasteiger partial charge >= 0.3 is 6.18 Å². The van der Waals surface area contributed by atoms with Crippen LogP contribution in [0.4, 0.5) is 13.2 Å². The van der Waals surface area contributed by atoms with Crippen molar-refractivity contribution in [3.63, 3.8) is 0 Å². The molecule has 0 spiro atoms. The van der Waals surface area contributed by atoms with Gasteiger partial charge in [0.25, 0.3) is 12.7 Å². The Morgan fingerprint density at radius 2 is 0.926 bits per heavy atom. The fraction of sp³-hybridized carbons (Fsp3) is 0.110. The van der Waals surface area contributed by atoms with Crippen molar-refractivity contribution in [1.82, 2.24) is 29.3 Å². The second kappa shape index (κ2) is 21.7. The maximum atomic E-state index is 12.1. The first-order valence-corrected chi connectivity index (χ1v) is 31.4. The van der Waals surface area contributed by atoms with Crippen molar-refractivity contribution < 1.29 is 42.4 Å². The fourth-order valence-electron chi connectivity index (χ4n) is 15.1. The van der Waals surface area contributed by atoms with Crippen LogP contribution in [0.3, 0.4) is 0 Å². The van der Waals surface area contributed by atoms with Gasteiger partial charge in [-0.1, -0.05) is 165 Å². The molecule has 1 radical (unpaired) electrons. The molecular formula is C82H54F3IrN8-3. The number of hydrogen-bond donors (Lipinski definition) is 0. The van der Waals surface area contributed by atoms with E-state index in [0.717, 1.165) is 48.4 Å². The minimum atomic E-state index is -4.57. The van der Waals surface area contributed by atoms with Gasteiger partial charge in [0.1, 0.15) is 5.82 Å². The molecule has 12 aromatic carbocycles. The molecule has 0 saturated carbocycles. The topological polar surface area (TPSA) is 70.4 Å². The number of pyridine rings is 1. The SMILES string of the molecule is Cc1c(C)[n+](-c2ccc3ccc4cccc5ccc2c3c45)[c-]n1-c1[c-]cc2c3c4c(ccc13)C=CCC4=CC2.Cc1c(C)[n+](-c2ccc3ccc4cccc5ccc2c3c45)[c-]n1-c1[c-]cc2c3c4c(ccc13)C=CCC4=CC2.FC(F)(F)c1n[n-]c(-c2ccccn2)n1.[Ir]. The van der Waals surface area contributed by atoms with E-state index in [4.69, 9.17) is 0 Å². The van der Waals surface area contributed by atoms with Gasteiger partial charge in [0.05, 0.1) is 28.5 Å². The Morgan fingerprint density at radius 1 is 0.479 bits per heavy atom. The van der Waals surface area contributed by atoms with E-state index < -0.39 is 12.0 Å². The summed E-state index contributed by atoms with van der Waals surface area (Å²) >= 11 is 0. The third-order valence-corrected chi connectivity index (χ3v) is 19.8. The summed E-state index contributed by atoms with van der Waals surface area (Å²) in [4.78, 5) is 7.05. The summed E-state index contributed by atoms with van der Waals surface area (Å²) < 4.78 is 45.3. The molecule has 8 nitrogen and oxygen atoms in total. The van der Waals surface area contributed by atoms with E-state index in [1.54, 1.807) is 12.1 Å². The number of rotatable bonds is 5. The Morgan fingerprint density at radius 3 is 1.37 bits per heavy atom. The van der Waals surface area contributed by atoms with Crippen molar-refractivity contribution in [2.45, 2.75) is 59.6 Å². The Balaban J connectivity index is 0.000000117. The van der Waals surface area contributed by atoms with E-state index in [1.807, 2.05) is 0 Å². The first-order valence-electron chi connectivity index (χ1n) is 31.4. The minimum Gasteiger partial charge on any atom is -0.413 e. The molecule has 4 aliphatic carbocycles. The third kappa shape index (κ3) is 8.80. The van der Waals surface area contributed by atoms with Gasteiger partial charge < -0.3 is 19.2 Å². The van der Waals surface area contributed by atoms with Gasteiger partial charge in [-0.05, 0) is 180 Å². The summed E-state index contributed by atoms with van der Waals surface area (Å²) in [6, 6.07) is 65.8. The number of nitrogens with zero attached hydrogens (tertiary/aromatic N) is 8. The zero-order valence-corrected chi connectivity index (χ0v) is 53.9. The van der Waals surface area contributed by atoms with Crippen LogP contribution >= 0.6 is 0 Å². The standard InChI is InChI=1S/2C37H25N2.C8H4F3N4.Ir/c2*1-22-23(2)39(33-20-16-29-12-10-25-6-4-8-27-14-18-31(33)37(29)35(25)27)21-38(22)32-19-15-28-11-9-24-5-3-7-26-13-17-30(32)36(28)34(24)26;9-8(10,11)7-13-6(14-15-7)5-3-1-2-4-12-5;/h2*3-5,7-11,13-19H,6,12H2,1-2H3;1-4H;/q3*-1;. The second-order valence-electron chi connectivity index (χ2n) is 24.7. The van der Waals surface area contributed by atoms with Crippen LogP contribution in [0.5, 0.6) is 0 Å². The summed E-state index contributed by atoms with van der Waals surface area (Å²) in [5.41, 5.74) is 20.6. The molecule has 0 amide bonds. The van der Waals surface area contributed by atoms with Gasteiger partial charge in [0, 0.05) is 37.7 Å². The smallest absolute Gasteiger partial charge is 0.413 e. The van der Waals surface area contributed by atoms with Crippen molar-refractivity contribution >= 4 is 109 Å². The van der Waals surface area contributed by atoms with Gasteiger partial charge in [0.2, 0.25) is 0 Å². The zero-order chi connectivity index (χ0) is 62.5. The average Bonchev–Trinajstić information content (AvgIpc) is 1.23. The van der Waals surface area contributed by atoms with Crippen LogP contribution in [-0.2, 0) is 39.1 Å². The molecule has 0 aliphatic heterocycles. The van der Waals surface area contributed by atoms with Crippen molar-refractivity contribution in [2.75, 3.05) is 0 Å². The molecule has 12 heteroatoms. The van der Waals surface area contributed by atoms with Crippen molar-refractivity contribution in [3.05, 3.63) is 281 Å². The fourth-order valence-corrected chi connectivity index (χ4v) is 15.1. The normalized spacial score (nSPS) is 13.7. The molecule has 455 valence electrons.